The van der Waals surface area contributed by atoms with Gasteiger partial charge in [-0.3, -0.25) is 4.79 Å². The van der Waals surface area contributed by atoms with E-state index in [1.165, 1.54) is 5.39 Å². The summed E-state index contributed by atoms with van der Waals surface area (Å²) in [6.45, 7) is 3.88. The van der Waals surface area contributed by atoms with Gasteiger partial charge in [0, 0.05) is 18.4 Å². The molecule has 4 aromatic rings. The summed E-state index contributed by atoms with van der Waals surface area (Å²) in [5.41, 5.74) is 2.17. The van der Waals surface area contributed by atoms with E-state index in [2.05, 4.69) is 46.3 Å². The molecule has 0 bridgehead atoms. The topological polar surface area (TPSA) is 56.2 Å². The maximum absolute atomic E-state index is 11.5. The molecule has 1 amide bonds. The number of aromatic nitrogens is 2. The van der Waals surface area contributed by atoms with E-state index in [9.17, 15) is 4.79 Å². The first-order valence-corrected chi connectivity index (χ1v) is 11.7. The zero-order valence-corrected chi connectivity index (χ0v) is 19.2. The molecular weight excluding hydrogens is 410 g/mol. The summed E-state index contributed by atoms with van der Waals surface area (Å²) in [4.78, 5) is 16.4. The molecular formula is C28H31N3O2. The van der Waals surface area contributed by atoms with E-state index in [0.29, 0.717) is 13.2 Å². The van der Waals surface area contributed by atoms with Crippen molar-refractivity contribution in [2.45, 2.75) is 39.2 Å². The zero-order chi connectivity index (χ0) is 22.9. The summed E-state index contributed by atoms with van der Waals surface area (Å²) in [7, 11) is 0. The number of fused-ring (bicyclic) bond motifs is 2. The summed E-state index contributed by atoms with van der Waals surface area (Å²) in [6, 6.07) is 22.8. The zero-order valence-electron chi connectivity index (χ0n) is 19.2. The molecule has 3 aromatic carbocycles. The lowest BCUT2D eigenvalue weighted by Gasteiger charge is -2.12. The van der Waals surface area contributed by atoms with Gasteiger partial charge in [0.15, 0.2) is 0 Å². The van der Waals surface area contributed by atoms with Gasteiger partial charge in [0.05, 0.1) is 17.6 Å². The number of nitrogens with one attached hydrogen (secondary N) is 1. The van der Waals surface area contributed by atoms with E-state index < -0.39 is 0 Å². The smallest absolute Gasteiger partial charge is 0.243 e. The summed E-state index contributed by atoms with van der Waals surface area (Å²) < 4.78 is 8.49. The van der Waals surface area contributed by atoms with Crippen LogP contribution in [0.25, 0.3) is 21.8 Å². The minimum Gasteiger partial charge on any atom is -0.491 e. The first-order valence-electron chi connectivity index (χ1n) is 11.7. The van der Waals surface area contributed by atoms with E-state index in [0.717, 1.165) is 60.2 Å². The molecule has 0 aliphatic heterocycles. The number of carbonyl (C=O) groups excluding carboxylic acids is 1. The Kier molecular flexibility index (Phi) is 7.75. The van der Waals surface area contributed by atoms with Crippen LogP contribution in [0.3, 0.4) is 0 Å². The number of hydrogen-bond donors (Lipinski definition) is 1. The standard InChI is InChI=1S/C28H31N3O2/c1-2-11-28(32)29-19-9-3-4-18-27-30-24-15-7-8-16-25(24)31(27)20-21-33-26-17-10-13-22-12-5-6-14-23(22)26/h2,5-8,10-17H,3-4,9,18-21H2,1H3,(H,29,32)/b11-2+. The van der Waals surface area contributed by atoms with Crippen LogP contribution in [0.4, 0.5) is 0 Å². The van der Waals surface area contributed by atoms with Gasteiger partial charge in [0.25, 0.3) is 0 Å². The van der Waals surface area contributed by atoms with Crippen LogP contribution in [-0.4, -0.2) is 28.6 Å². The fourth-order valence-corrected chi connectivity index (χ4v) is 4.14. The molecule has 1 aromatic heterocycles. The van der Waals surface area contributed by atoms with Crippen LogP contribution in [0.15, 0.2) is 78.9 Å². The predicted octanol–water partition coefficient (Wildman–Crippen LogP) is 5.67. The second-order valence-electron chi connectivity index (χ2n) is 8.10. The van der Waals surface area contributed by atoms with Crippen LogP contribution in [0.5, 0.6) is 5.75 Å². The van der Waals surface area contributed by atoms with E-state index >= 15 is 0 Å². The first-order chi connectivity index (χ1) is 16.3. The SMILES string of the molecule is C/C=C/C(=O)NCCCCCc1nc2ccccc2n1CCOc1cccc2ccccc12. The second-order valence-corrected chi connectivity index (χ2v) is 8.10. The van der Waals surface area contributed by atoms with Crippen molar-refractivity contribution < 1.29 is 9.53 Å². The molecule has 1 heterocycles. The van der Waals surface area contributed by atoms with Crippen LogP contribution in [-0.2, 0) is 17.8 Å². The van der Waals surface area contributed by atoms with E-state index in [1.54, 1.807) is 12.2 Å². The van der Waals surface area contributed by atoms with Gasteiger partial charge in [-0.25, -0.2) is 4.98 Å². The lowest BCUT2D eigenvalue weighted by atomic mass is 10.1. The number of benzene rings is 3. The lowest BCUT2D eigenvalue weighted by Crippen LogP contribution is -2.22. The summed E-state index contributed by atoms with van der Waals surface area (Å²) >= 11 is 0. The first kappa shape index (κ1) is 22.6. The number of ether oxygens (including phenoxy) is 1. The Labute approximate surface area is 195 Å². The normalized spacial score (nSPS) is 11.4. The van der Waals surface area contributed by atoms with Crippen molar-refractivity contribution in [1.29, 1.82) is 0 Å². The Morgan fingerprint density at radius 3 is 2.73 bits per heavy atom. The monoisotopic (exact) mass is 441 g/mol. The molecule has 0 atom stereocenters. The number of rotatable bonds is 11. The summed E-state index contributed by atoms with van der Waals surface area (Å²) in [5, 5.41) is 5.23. The highest BCUT2D eigenvalue weighted by Gasteiger charge is 2.11. The van der Waals surface area contributed by atoms with Crippen molar-refractivity contribution >= 4 is 27.7 Å². The molecule has 0 aliphatic rings. The Morgan fingerprint density at radius 2 is 1.82 bits per heavy atom. The number of unbranched alkanes of at least 4 members (excludes halogenated alkanes) is 2. The molecule has 0 unspecified atom stereocenters. The largest absolute Gasteiger partial charge is 0.491 e. The van der Waals surface area contributed by atoms with Crippen molar-refractivity contribution in [3.8, 4) is 5.75 Å². The van der Waals surface area contributed by atoms with Gasteiger partial charge in [-0.15, -0.1) is 0 Å². The number of imidazole rings is 1. The van der Waals surface area contributed by atoms with Crippen molar-refractivity contribution in [1.82, 2.24) is 14.9 Å². The summed E-state index contributed by atoms with van der Waals surface area (Å²) in [5.74, 6) is 1.99. The van der Waals surface area contributed by atoms with E-state index in [-0.39, 0.29) is 5.91 Å². The number of aryl methyl sites for hydroxylation is 1. The molecule has 1 N–H and O–H groups in total. The van der Waals surface area contributed by atoms with Gasteiger partial charge in [-0.05, 0) is 49.4 Å². The van der Waals surface area contributed by atoms with Crippen LogP contribution in [0.1, 0.15) is 32.0 Å². The molecule has 0 aliphatic carbocycles. The molecule has 0 spiro atoms. The van der Waals surface area contributed by atoms with Crippen molar-refractivity contribution in [2.75, 3.05) is 13.2 Å². The maximum atomic E-state index is 11.5. The summed E-state index contributed by atoms with van der Waals surface area (Å²) in [6.07, 6.45) is 7.27. The Balaban J connectivity index is 1.36. The molecule has 5 nitrogen and oxygen atoms in total. The van der Waals surface area contributed by atoms with Gasteiger partial charge >= 0.3 is 0 Å². The van der Waals surface area contributed by atoms with Crippen LogP contribution in [0, 0.1) is 0 Å². The number of allylic oxidation sites excluding steroid dienone is 1. The van der Waals surface area contributed by atoms with Gasteiger partial charge in [0.1, 0.15) is 18.2 Å². The lowest BCUT2D eigenvalue weighted by molar-refractivity contribution is -0.116. The fourth-order valence-electron chi connectivity index (χ4n) is 4.14. The van der Waals surface area contributed by atoms with Gasteiger partial charge in [-0.2, -0.15) is 0 Å². The van der Waals surface area contributed by atoms with Gasteiger partial charge in [-0.1, -0.05) is 61.0 Å². The van der Waals surface area contributed by atoms with E-state index in [4.69, 9.17) is 9.72 Å². The number of nitrogens with zero attached hydrogens (tertiary/aromatic N) is 2. The number of amides is 1. The minimum absolute atomic E-state index is 0.0227. The Morgan fingerprint density at radius 1 is 1.00 bits per heavy atom. The average molecular weight is 442 g/mol. The van der Waals surface area contributed by atoms with Crippen LogP contribution in [0.2, 0.25) is 0 Å². The molecule has 5 heteroatoms. The molecule has 0 saturated carbocycles. The van der Waals surface area contributed by atoms with Gasteiger partial charge < -0.3 is 14.6 Å². The average Bonchev–Trinajstić information content (AvgIpc) is 3.19. The Hall–Kier alpha value is -3.60. The highest BCUT2D eigenvalue weighted by Crippen LogP contribution is 2.25. The predicted molar refractivity (Wildman–Crippen MR) is 135 cm³/mol. The molecule has 0 radical (unpaired) electrons. The number of para-hydroxylation sites is 2. The van der Waals surface area contributed by atoms with Crippen molar-refractivity contribution in [3.05, 3.63) is 84.7 Å². The second kappa shape index (κ2) is 11.3. The van der Waals surface area contributed by atoms with Crippen molar-refractivity contribution in [3.63, 3.8) is 0 Å². The molecule has 33 heavy (non-hydrogen) atoms. The highest BCUT2D eigenvalue weighted by molar-refractivity contribution is 5.88. The molecule has 4 rings (SSSR count). The number of carbonyl (C=O) groups is 1. The van der Waals surface area contributed by atoms with E-state index in [1.807, 2.05) is 37.3 Å². The third kappa shape index (κ3) is 5.80. The van der Waals surface area contributed by atoms with Crippen LogP contribution < -0.4 is 10.1 Å². The molecule has 0 fully saturated rings. The number of hydrogen-bond acceptors (Lipinski definition) is 3. The quantitative estimate of drug-likeness (QED) is 0.241. The van der Waals surface area contributed by atoms with Crippen molar-refractivity contribution in [2.24, 2.45) is 0 Å². The Bertz CT molecular complexity index is 1240. The molecule has 0 saturated heterocycles. The molecule has 170 valence electrons. The highest BCUT2D eigenvalue weighted by atomic mass is 16.5. The van der Waals surface area contributed by atoms with Gasteiger partial charge in [0.2, 0.25) is 5.91 Å². The third-order valence-corrected chi connectivity index (χ3v) is 5.75. The maximum Gasteiger partial charge on any atom is 0.243 e. The fraction of sp³-hybridized carbons (Fsp3) is 0.286. The van der Waals surface area contributed by atoms with Crippen LogP contribution >= 0.6 is 0 Å². The third-order valence-electron chi connectivity index (χ3n) is 5.75. The minimum atomic E-state index is -0.0227.